The second kappa shape index (κ2) is 5.28. The number of Topliss-reactive ketones (excluding diaryl/α,β-unsaturated/α-hetero) is 2. The maximum absolute atomic E-state index is 12.8. The molecule has 3 heteroatoms. The standard InChI is InChI=1S/C20H16O3/c21-10-9-13-11-18(22)17-8-7-15-14-4-2-1-3-12(14)5-6-16(15)19(17)20(13)23/h1-8,13,21H,9-11H2. The van der Waals surface area contributed by atoms with Crippen molar-refractivity contribution in [2.24, 2.45) is 5.92 Å². The molecule has 23 heavy (non-hydrogen) atoms. The predicted molar refractivity (Wildman–Crippen MR) is 89.9 cm³/mol. The van der Waals surface area contributed by atoms with Crippen molar-refractivity contribution in [3.8, 4) is 0 Å². The molecule has 0 fully saturated rings. The average Bonchev–Trinajstić information content (AvgIpc) is 2.58. The van der Waals surface area contributed by atoms with E-state index in [4.69, 9.17) is 5.11 Å². The van der Waals surface area contributed by atoms with Gasteiger partial charge in [-0.2, -0.15) is 0 Å². The van der Waals surface area contributed by atoms with E-state index in [-0.39, 0.29) is 24.6 Å². The largest absolute Gasteiger partial charge is 0.396 e. The number of fused-ring (bicyclic) bond motifs is 5. The van der Waals surface area contributed by atoms with Crippen LogP contribution in [0.5, 0.6) is 0 Å². The minimum Gasteiger partial charge on any atom is -0.396 e. The maximum Gasteiger partial charge on any atom is 0.167 e. The summed E-state index contributed by atoms with van der Waals surface area (Å²) in [4.78, 5) is 25.2. The normalized spacial score (nSPS) is 17.7. The molecule has 0 bridgehead atoms. The van der Waals surface area contributed by atoms with Crippen molar-refractivity contribution in [1.29, 1.82) is 0 Å². The molecule has 3 aromatic carbocycles. The van der Waals surface area contributed by atoms with Crippen LogP contribution < -0.4 is 0 Å². The van der Waals surface area contributed by atoms with Crippen molar-refractivity contribution in [1.82, 2.24) is 0 Å². The highest BCUT2D eigenvalue weighted by atomic mass is 16.3. The highest BCUT2D eigenvalue weighted by Gasteiger charge is 2.33. The summed E-state index contributed by atoms with van der Waals surface area (Å²) < 4.78 is 0. The van der Waals surface area contributed by atoms with E-state index >= 15 is 0 Å². The van der Waals surface area contributed by atoms with Gasteiger partial charge in [0, 0.05) is 30.1 Å². The summed E-state index contributed by atoms with van der Waals surface area (Å²) in [6.07, 6.45) is 0.541. The molecule has 1 unspecified atom stereocenters. The van der Waals surface area contributed by atoms with Crippen molar-refractivity contribution in [3.05, 3.63) is 59.7 Å². The van der Waals surface area contributed by atoms with E-state index in [1.807, 2.05) is 42.5 Å². The smallest absolute Gasteiger partial charge is 0.167 e. The van der Waals surface area contributed by atoms with Crippen LogP contribution in [0.1, 0.15) is 33.6 Å². The molecule has 0 saturated heterocycles. The number of benzene rings is 3. The van der Waals surface area contributed by atoms with Crippen LogP contribution >= 0.6 is 0 Å². The Bertz CT molecular complexity index is 956. The summed E-state index contributed by atoms with van der Waals surface area (Å²) in [5.74, 6) is -0.431. The molecule has 3 aromatic rings. The van der Waals surface area contributed by atoms with Gasteiger partial charge in [0.15, 0.2) is 11.6 Å². The molecule has 0 aliphatic heterocycles. The number of carbonyl (C=O) groups is 2. The molecular formula is C20H16O3. The van der Waals surface area contributed by atoms with Gasteiger partial charge in [-0.25, -0.2) is 0 Å². The van der Waals surface area contributed by atoms with Crippen LogP contribution in [0.3, 0.4) is 0 Å². The number of aliphatic hydroxyl groups excluding tert-OH is 1. The van der Waals surface area contributed by atoms with E-state index in [1.54, 1.807) is 6.07 Å². The van der Waals surface area contributed by atoms with Gasteiger partial charge in [0.25, 0.3) is 0 Å². The Hall–Kier alpha value is -2.52. The summed E-state index contributed by atoms with van der Waals surface area (Å²) >= 11 is 0. The van der Waals surface area contributed by atoms with Crippen molar-refractivity contribution >= 4 is 33.1 Å². The fourth-order valence-electron chi connectivity index (χ4n) is 3.61. The van der Waals surface area contributed by atoms with Crippen LogP contribution in [0.25, 0.3) is 21.5 Å². The van der Waals surface area contributed by atoms with Gasteiger partial charge < -0.3 is 5.11 Å². The van der Waals surface area contributed by atoms with Crippen LogP contribution in [-0.2, 0) is 0 Å². The van der Waals surface area contributed by atoms with Crippen molar-refractivity contribution in [2.45, 2.75) is 12.8 Å². The Balaban J connectivity index is 2.04. The number of rotatable bonds is 2. The van der Waals surface area contributed by atoms with Crippen molar-refractivity contribution in [2.75, 3.05) is 6.61 Å². The molecule has 0 radical (unpaired) electrons. The van der Waals surface area contributed by atoms with Crippen LogP contribution in [0.15, 0.2) is 48.5 Å². The van der Waals surface area contributed by atoms with E-state index in [2.05, 4.69) is 0 Å². The molecule has 0 heterocycles. The summed E-state index contributed by atoms with van der Waals surface area (Å²) in [5.41, 5.74) is 1.05. The molecular weight excluding hydrogens is 288 g/mol. The first-order chi connectivity index (χ1) is 11.2. The first-order valence-electron chi connectivity index (χ1n) is 7.83. The highest BCUT2D eigenvalue weighted by Crippen LogP contribution is 2.35. The summed E-state index contributed by atoms with van der Waals surface area (Å²) in [6.45, 7) is -0.0767. The quantitative estimate of drug-likeness (QED) is 0.733. The van der Waals surface area contributed by atoms with Crippen LogP contribution in [0.2, 0.25) is 0 Å². The number of hydrogen-bond acceptors (Lipinski definition) is 3. The average molecular weight is 304 g/mol. The molecule has 3 nitrogen and oxygen atoms in total. The van der Waals surface area contributed by atoms with Gasteiger partial charge in [0.1, 0.15) is 0 Å². The van der Waals surface area contributed by atoms with E-state index in [9.17, 15) is 9.59 Å². The van der Waals surface area contributed by atoms with Gasteiger partial charge in [-0.05, 0) is 28.0 Å². The lowest BCUT2D eigenvalue weighted by molar-refractivity contribution is 0.0801. The first kappa shape index (κ1) is 14.1. The van der Waals surface area contributed by atoms with Crippen LogP contribution in [-0.4, -0.2) is 23.3 Å². The van der Waals surface area contributed by atoms with E-state index in [0.29, 0.717) is 17.5 Å². The molecule has 0 aromatic heterocycles. The Morgan fingerprint density at radius 1 is 0.913 bits per heavy atom. The number of hydrogen-bond donors (Lipinski definition) is 1. The monoisotopic (exact) mass is 304 g/mol. The lowest BCUT2D eigenvalue weighted by atomic mass is 9.78. The third kappa shape index (κ3) is 2.08. The van der Waals surface area contributed by atoms with E-state index in [0.717, 1.165) is 21.5 Å². The highest BCUT2D eigenvalue weighted by molar-refractivity contribution is 6.24. The number of carbonyl (C=O) groups excluding carboxylic acids is 2. The Kier molecular flexibility index (Phi) is 3.24. The zero-order valence-corrected chi connectivity index (χ0v) is 12.6. The van der Waals surface area contributed by atoms with Gasteiger partial charge in [-0.15, -0.1) is 0 Å². The lowest BCUT2D eigenvalue weighted by Crippen LogP contribution is -2.28. The zero-order valence-electron chi connectivity index (χ0n) is 12.6. The zero-order chi connectivity index (χ0) is 16.0. The van der Waals surface area contributed by atoms with Crippen LogP contribution in [0.4, 0.5) is 0 Å². The van der Waals surface area contributed by atoms with Crippen molar-refractivity contribution in [3.63, 3.8) is 0 Å². The molecule has 1 atom stereocenters. The molecule has 1 aliphatic carbocycles. The first-order valence-corrected chi connectivity index (χ1v) is 7.83. The van der Waals surface area contributed by atoms with E-state index < -0.39 is 5.92 Å². The third-order valence-corrected chi connectivity index (χ3v) is 4.75. The number of aliphatic hydroxyl groups is 1. The Morgan fingerprint density at radius 2 is 1.70 bits per heavy atom. The van der Waals surface area contributed by atoms with Gasteiger partial charge >= 0.3 is 0 Å². The molecule has 4 rings (SSSR count). The summed E-state index contributed by atoms with van der Waals surface area (Å²) in [7, 11) is 0. The fourth-order valence-corrected chi connectivity index (χ4v) is 3.61. The number of ketones is 2. The SMILES string of the molecule is O=C1CC(CCO)C(=O)c2c1ccc1c2ccc2ccccc21. The summed E-state index contributed by atoms with van der Waals surface area (Å²) in [5, 5.41) is 13.2. The Morgan fingerprint density at radius 3 is 2.52 bits per heavy atom. The molecule has 0 saturated carbocycles. The summed E-state index contributed by atoms with van der Waals surface area (Å²) in [6, 6.07) is 15.7. The van der Waals surface area contributed by atoms with Gasteiger partial charge in [-0.1, -0.05) is 48.5 Å². The molecule has 114 valence electrons. The Labute approximate surface area is 133 Å². The second-order valence-corrected chi connectivity index (χ2v) is 6.07. The van der Waals surface area contributed by atoms with Gasteiger partial charge in [0.05, 0.1) is 0 Å². The molecule has 1 aliphatic rings. The predicted octanol–water partition coefficient (Wildman–Crippen LogP) is 3.76. The van der Waals surface area contributed by atoms with Crippen LogP contribution in [0, 0.1) is 5.92 Å². The minimum absolute atomic E-state index is 0.00638. The molecule has 1 N–H and O–H groups in total. The van der Waals surface area contributed by atoms with Crippen molar-refractivity contribution < 1.29 is 14.7 Å². The second-order valence-electron chi connectivity index (χ2n) is 6.07. The van der Waals surface area contributed by atoms with Gasteiger partial charge in [-0.3, -0.25) is 9.59 Å². The topological polar surface area (TPSA) is 54.4 Å². The molecule has 0 amide bonds. The fraction of sp³-hybridized carbons (Fsp3) is 0.200. The maximum atomic E-state index is 12.8. The van der Waals surface area contributed by atoms with Gasteiger partial charge in [0.2, 0.25) is 0 Å². The lowest BCUT2D eigenvalue weighted by Gasteiger charge is -2.23. The minimum atomic E-state index is -0.405. The van der Waals surface area contributed by atoms with E-state index in [1.165, 1.54) is 0 Å². The third-order valence-electron chi connectivity index (χ3n) is 4.75. The molecule has 0 spiro atoms.